The highest BCUT2D eigenvalue weighted by molar-refractivity contribution is 5.85. The highest BCUT2D eigenvalue weighted by Gasteiger charge is 2.26. The van der Waals surface area contributed by atoms with Crippen molar-refractivity contribution in [3.63, 3.8) is 0 Å². The molecule has 94 valence electrons. The Kier molecular flexibility index (Phi) is 4.08. The summed E-state index contributed by atoms with van der Waals surface area (Å²) >= 11 is 0. The lowest BCUT2D eigenvalue weighted by molar-refractivity contribution is 0.0440. The summed E-state index contributed by atoms with van der Waals surface area (Å²) in [5.41, 5.74) is 6.11. The summed E-state index contributed by atoms with van der Waals surface area (Å²) in [7, 11) is 0. The van der Waals surface area contributed by atoms with E-state index >= 15 is 0 Å². The summed E-state index contributed by atoms with van der Waals surface area (Å²) in [6, 6.07) is 4.64. The van der Waals surface area contributed by atoms with Crippen LogP contribution in [-0.2, 0) is 24.0 Å². The largest absolute Gasteiger partial charge is 0.372 e. The van der Waals surface area contributed by atoms with Gasteiger partial charge in [0, 0.05) is 6.54 Å². The molecule has 3 heteroatoms. The van der Waals surface area contributed by atoms with Gasteiger partial charge < -0.3 is 10.1 Å². The highest BCUT2D eigenvalue weighted by Crippen LogP contribution is 2.33. The summed E-state index contributed by atoms with van der Waals surface area (Å²) in [5, 5.41) is 3.48. The van der Waals surface area contributed by atoms with Crippen molar-refractivity contribution in [3.05, 3.63) is 34.4 Å². The van der Waals surface area contributed by atoms with E-state index in [2.05, 4.69) is 24.4 Å². The number of ether oxygens (including phenoxy) is 1. The maximum Gasteiger partial charge on any atom is 0.0954 e. The molecule has 0 radical (unpaired) electrons. The van der Waals surface area contributed by atoms with Crippen molar-refractivity contribution < 1.29 is 4.74 Å². The number of hydrogen-bond acceptors (Lipinski definition) is 2. The molecule has 0 spiro atoms. The normalized spacial score (nSPS) is 22.3. The average molecular weight is 254 g/mol. The van der Waals surface area contributed by atoms with Gasteiger partial charge in [0.1, 0.15) is 0 Å². The Labute approximate surface area is 109 Å². The second-order valence-corrected chi connectivity index (χ2v) is 4.69. The fraction of sp³-hybridized carbons (Fsp3) is 0.571. The first kappa shape index (κ1) is 12.9. The van der Waals surface area contributed by atoms with Gasteiger partial charge in [-0.3, -0.25) is 0 Å². The minimum Gasteiger partial charge on any atom is -0.372 e. The van der Waals surface area contributed by atoms with Gasteiger partial charge in [-0.2, -0.15) is 0 Å². The standard InChI is InChI=1S/C14H19NO.ClH/c1-2-10-3-4-11-6-8-16-13-9-15-7-5-12(10)14(11)13;/h3-4,13,15H,2,5-9H2,1H3;1H. The van der Waals surface area contributed by atoms with Crippen molar-refractivity contribution in [1.29, 1.82) is 0 Å². The summed E-state index contributed by atoms with van der Waals surface area (Å²) in [4.78, 5) is 0. The van der Waals surface area contributed by atoms with Crippen LogP contribution in [0.25, 0.3) is 0 Å². The van der Waals surface area contributed by atoms with Gasteiger partial charge in [-0.15, -0.1) is 12.4 Å². The zero-order valence-electron chi connectivity index (χ0n) is 10.3. The fourth-order valence-corrected chi connectivity index (χ4v) is 3.01. The van der Waals surface area contributed by atoms with E-state index in [0.29, 0.717) is 6.10 Å². The lowest BCUT2D eigenvalue weighted by atomic mass is 9.88. The Morgan fingerprint density at radius 3 is 3.06 bits per heavy atom. The molecule has 0 bridgehead atoms. The van der Waals surface area contributed by atoms with Crippen LogP contribution in [0.1, 0.15) is 35.3 Å². The molecule has 1 aromatic carbocycles. The van der Waals surface area contributed by atoms with Gasteiger partial charge in [0.15, 0.2) is 0 Å². The zero-order chi connectivity index (χ0) is 11.0. The summed E-state index contributed by atoms with van der Waals surface area (Å²) in [6.45, 7) is 5.19. The Bertz CT molecular complexity index is 405. The molecular weight excluding hydrogens is 234 g/mol. The quantitative estimate of drug-likeness (QED) is 0.830. The highest BCUT2D eigenvalue weighted by atomic mass is 35.5. The van der Waals surface area contributed by atoms with Crippen LogP contribution in [0.2, 0.25) is 0 Å². The third-order valence-electron chi connectivity index (χ3n) is 3.82. The second-order valence-electron chi connectivity index (χ2n) is 4.69. The van der Waals surface area contributed by atoms with Crippen molar-refractivity contribution >= 4 is 12.4 Å². The fourth-order valence-electron chi connectivity index (χ4n) is 3.01. The second kappa shape index (κ2) is 5.38. The molecule has 1 aromatic rings. The van der Waals surface area contributed by atoms with Crippen LogP contribution in [0.5, 0.6) is 0 Å². The predicted octanol–water partition coefficient (Wildman–Crippen LogP) is 2.43. The number of halogens is 1. The van der Waals surface area contributed by atoms with E-state index in [0.717, 1.165) is 39.0 Å². The molecule has 1 atom stereocenters. The molecule has 0 aromatic heterocycles. The first-order chi connectivity index (χ1) is 7.90. The number of hydrogen-bond donors (Lipinski definition) is 1. The van der Waals surface area contributed by atoms with Crippen molar-refractivity contribution in [2.24, 2.45) is 0 Å². The van der Waals surface area contributed by atoms with Crippen molar-refractivity contribution in [1.82, 2.24) is 5.32 Å². The van der Waals surface area contributed by atoms with Crippen LogP contribution in [0.15, 0.2) is 12.1 Å². The lowest BCUT2D eigenvalue weighted by Crippen LogP contribution is -2.25. The minimum absolute atomic E-state index is 0. The lowest BCUT2D eigenvalue weighted by Gasteiger charge is -2.27. The van der Waals surface area contributed by atoms with Gasteiger partial charge in [-0.05, 0) is 48.1 Å². The Hall–Kier alpha value is -0.570. The molecule has 0 saturated heterocycles. The van der Waals surface area contributed by atoms with E-state index in [-0.39, 0.29) is 12.4 Å². The van der Waals surface area contributed by atoms with Gasteiger partial charge in [0.2, 0.25) is 0 Å². The van der Waals surface area contributed by atoms with Gasteiger partial charge in [0.25, 0.3) is 0 Å². The van der Waals surface area contributed by atoms with Crippen LogP contribution in [-0.4, -0.2) is 19.7 Å². The summed E-state index contributed by atoms with van der Waals surface area (Å²) < 4.78 is 5.90. The number of aryl methyl sites for hydroxylation is 1. The molecule has 2 aliphatic heterocycles. The van der Waals surface area contributed by atoms with E-state index in [1.807, 2.05) is 0 Å². The maximum atomic E-state index is 5.90. The molecule has 1 unspecified atom stereocenters. The first-order valence-corrected chi connectivity index (χ1v) is 6.36. The van der Waals surface area contributed by atoms with E-state index in [1.165, 1.54) is 16.7 Å². The van der Waals surface area contributed by atoms with Gasteiger partial charge >= 0.3 is 0 Å². The van der Waals surface area contributed by atoms with Crippen molar-refractivity contribution in [2.45, 2.75) is 32.3 Å². The summed E-state index contributed by atoms with van der Waals surface area (Å²) in [6.07, 6.45) is 3.68. The van der Waals surface area contributed by atoms with Crippen molar-refractivity contribution in [2.75, 3.05) is 19.7 Å². The molecule has 0 saturated carbocycles. The minimum atomic E-state index is 0. The van der Waals surface area contributed by atoms with E-state index in [1.54, 1.807) is 5.56 Å². The van der Waals surface area contributed by atoms with Gasteiger partial charge in [0.05, 0.1) is 12.7 Å². The average Bonchev–Trinajstić information content (AvgIpc) is 2.55. The number of benzene rings is 1. The van der Waals surface area contributed by atoms with Gasteiger partial charge in [-0.25, -0.2) is 0 Å². The molecule has 0 aliphatic carbocycles. The van der Waals surface area contributed by atoms with E-state index < -0.39 is 0 Å². The van der Waals surface area contributed by atoms with E-state index in [9.17, 15) is 0 Å². The summed E-state index contributed by atoms with van der Waals surface area (Å²) in [5.74, 6) is 0. The maximum absolute atomic E-state index is 5.90. The van der Waals surface area contributed by atoms with Gasteiger partial charge in [-0.1, -0.05) is 19.1 Å². The van der Waals surface area contributed by atoms with Crippen LogP contribution >= 0.6 is 12.4 Å². The molecule has 17 heavy (non-hydrogen) atoms. The van der Waals surface area contributed by atoms with Crippen LogP contribution in [0.4, 0.5) is 0 Å². The van der Waals surface area contributed by atoms with Crippen molar-refractivity contribution in [3.8, 4) is 0 Å². The monoisotopic (exact) mass is 253 g/mol. The van der Waals surface area contributed by atoms with E-state index in [4.69, 9.17) is 4.74 Å². The smallest absolute Gasteiger partial charge is 0.0954 e. The molecule has 2 aliphatic rings. The molecular formula is C14H20ClNO. The van der Waals surface area contributed by atoms with Crippen LogP contribution in [0.3, 0.4) is 0 Å². The third kappa shape index (κ3) is 2.22. The van der Waals surface area contributed by atoms with Crippen LogP contribution in [0, 0.1) is 0 Å². The zero-order valence-corrected chi connectivity index (χ0v) is 11.1. The van der Waals surface area contributed by atoms with Crippen LogP contribution < -0.4 is 5.32 Å². The topological polar surface area (TPSA) is 21.3 Å². The Balaban J connectivity index is 0.00000108. The molecule has 2 heterocycles. The molecule has 3 rings (SSSR count). The third-order valence-corrected chi connectivity index (χ3v) is 3.82. The number of rotatable bonds is 1. The predicted molar refractivity (Wildman–Crippen MR) is 72.0 cm³/mol. The molecule has 2 nitrogen and oxygen atoms in total. The molecule has 0 amide bonds. The Morgan fingerprint density at radius 2 is 2.24 bits per heavy atom. The SMILES string of the molecule is CCc1ccc2c3c1CCNCC3OCC2.Cl. The number of nitrogens with one attached hydrogen (secondary N) is 1. The Morgan fingerprint density at radius 1 is 1.35 bits per heavy atom. The molecule has 1 N–H and O–H groups in total. The first-order valence-electron chi connectivity index (χ1n) is 6.36. The molecule has 0 fully saturated rings.